The van der Waals surface area contributed by atoms with Crippen LogP contribution in [0.15, 0.2) is 192 Å². The highest BCUT2D eigenvalue weighted by molar-refractivity contribution is 7.91. The van der Waals surface area contributed by atoms with Crippen LogP contribution in [0.2, 0.25) is 0 Å². The zero-order valence-corrected chi connectivity index (χ0v) is 45.2. The molecule has 2 unspecified atom stereocenters. The second-order valence-electron chi connectivity index (χ2n) is 20.3. The quantitative estimate of drug-likeness (QED) is 0.0807. The van der Waals surface area contributed by atoms with E-state index in [-0.39, 0.29) is 31.7 Å². The minimum absolute atomic E-state index is 0.138. The van der Waals surface area contributed by atoms with Gasteiger partial charge in [0.25, 0.3) is 0 Å². The van der Waals surface area contributed by atoms with E-state index in [0.717, 1.165) is 33.4 Å². The summed E-state index contributed by atoms with van der Waals surface area (Å²) in [6.07, 6.45) is 1.33. The number of hydrogen-bond donors (Lipinski definition) is 0. The van der Waals surface area contributed by atoms with Crippen molar-refractivity contribution in [1.82, 2.24) is 0 Å². The van der Waals surface area contributed by atoms with Crippen LogP contribution in [0.5, 0.6) is 34.5 Å². The van der Waals surface area contributed by atoms with E-state index in [2.05, 4.69) is 89.2 Å². The van der Waals surface area contributed by atoms with E-state index in [1.165, 1.54) is 0 Å². The zero-order chi connectivity index (χ0) is 55.2. The van der Waals surface area contributed by atoms with E-state index in [9.17, 15) is 29.5 Å². The number of rotatable bonds is 18. The van der Waals surface area contributed by atoms with Crippen LogP contribution in [0.3, 0.4) is 0 Å². The van der Waals surface area contributed by atoms with E-state index in [4.69, 9.17) is 18.9 Å². The van der Waals surface area contributed by atoms with Gasteiger partial charge in [-0.05, 0) is 169 Å². The lowest BCUT2D eigenvalue weighted by molar-refractivity contribution is 0.0822. The van der Waals surface area contributed by atoms with Gasteiger partial charge < -0.3 is 18.9 Å². The minimum Gasteiger partial charge on any atom is -0.483 e. The highest BCUT2D eigenvalue weighted by atomic mass is 32.2. The van der Waals surface area contributed by atoms with Gasteiger partial charge in [-0.15, -0.1) is 0 Å². The molecule has 0 bridgehead atoms. The largest absolute Gasteiger partial charge is 0.483 e. The zero-order valence-electron chi connectivity index (χ0n) is 44.4. The third-order valence-electron chi connectivity index (χ3n) is 14.8. The second kappa shape index (κ2) is 22.0. The summed E-state index contributed by atoms with van der Waals surface area (Å²) in [4.78, 5) is 0.280. The second-order valence-corrected chi connectivity index (χ2v) is 22.3. The molecule has 0 fully saturated rings. The number of hydrogen-bond acceptors (Lipinski definition) is 10. The molecule has 0 saturated carbocycles. The first-order chi connectivity index (χ1) is 36.8. The third kappa shape index (κ3) is 11.4. The SMILES string of the molecule is CCC(C)(Oc1ccc(S(=O)(=O)c2ccc(Oc3ccc(C(C)(C)c4ccc(C(C)(CC)Oc5ccc(C#N)c(C#N)c5)cc4)cc3)cc2)cc1)c1ccc(C(C)(C)c2ccc(Oc3ccc(C#N)c(C#N)c3)cc2)cc1. The summed E-state index contributed by atoms with van der Waals surface area (Å²) < 4.78 is 52.9. The van der Waals surface area contributed by atoms with Crippen LogP contribution in [-0.4, -0.2) is 8.42 Å². The van der Waals surface area contributed by atoms with Crippen molar-refractivity contribution in [2.45, 2.75) is 100 Å². The monoisotopic (exact) mass is 1030 g/mol. The normalized spacial score (nSPS) is 13.0. The standard InChI is InChI=1S/C66H58N4O6S/c1-9-65(7,53-17-13-49(14-18-53)64(5,6)52-23-29-56(30-24-52)74-59-25-11-45(41-67)47(39-59)43-69)75-58-33-37-62(38-34-58)77(71,72)61-35-31-57(32-36-61)73-55-27-21-51(22-28-55)63(3,4)50-15-19-54(20-16-50)66(8,10-2)76-60-26-12-46(42-68)48(40-60)44-70/h11-40H,9-10H2,1-8H3. The van der Waals surface area contributed by atoms with Gasteiger partial charge in [0, 0.05) is 10.8 Å². The van der Waals surface area contributed by atoms with Crippen molar-refractivity contribution in [1.29, 1.82) is 21.0 Å². The minimum atomic E-state index is -3.86. The Morgan fingerprint density at radius 3 is 0.987 bits per heavy atom. The van der Waals surface area contributed by atoms with Crippen LogP contribution < -0.4 is 18.9 Å². The molecule has 0 saturated heterocycles. The van der Waals surface area contributed by atoms with E-state index >= 15 is 0 Å². The van der Waals surface area contributed by atoms with Gasteiger partial charge in [-0.1, -0.05) is 114 Å². The lowest BCUT2D eigenvalue weighted by Gasteiger charge is -2.32. The molecule has 0 aliphatic heterocycles. The van der Waals surface area contributed by atoms with Crippen LogP contribution in [0.25, 0.3) is 0 Å². The molecule has 8 rings (SSSR count). The average molecular weight is 1040 g/mol. The van der Waals surface area contributed by atoms with Gasteiger partial charge in [0.05, 0.1) is 32.0 Å². The van der Waals surface area contributed by atoms with Crippen molar-refractivity contribution in [3.05, 3.63) is 238 Å². The maximum Gasteiger partial charge on any atom is 0.206 e. The Morgan fingerprint density at radius 2 is 0.623 bits per heavy atom. The van der Waals surface area contributed by atoms with Crippen LogP contribution in [0.1, 0.15) is 124 Å². The fourth-order valence-corrected chi connectivity index (χ4v) is 10.5. The van der Waals surface area contributed by atoms with Gasteiger partial charge in [0.1, 0.15) is 70.0 Å². The number of ether oxygens (including phenoxy) is 4. The Morgan fingerprint density at radius 1 is 0.351 bits per heavy atom. The lowest BCUT2D eigenvalue weighted by atomic mass is 9.77. The first kappa shape index (κ1) is 54.1. The van der Waals surface area contributed by atoms with Crippen molar-refractivity contribution in [2.75, 3.05) is 0 Å². The lowest BCUT2D eigenvalue weighted by Crippen LogP contribution is -2.29. The van der Waals surface area contributed by atoms with E-state index in [1.54, 1.807) is 84.9 Å². The summed E-state index contributed by atoms with van der Waals surface area (Å²) in [6, 6.07) is 63.3. The Labute approximate surface area is 452 Å². The molecule has 2 atom stereocenters. The molecule has 384 valence electrons. The summed E-state index contributed by atoms with van der Waals surface area (Å²) in [5.41, 5.74) is 5.41. The van der Waals surface area contributed by atoms with Crippen LogP contribution in [-0.2, 0) is 31.9 Å². The van der Waals surface area contributed by atoms with E-state index < -0.39 is 21.0 Å². The summed E-state index contributed by atoms with van der Waals surface area (Å²) in [5.74, 6) is 3.26. The molecule has 8 aromatic rings. The summed E-state index contributed by atoms with van der Waals surface area (Å²) in [5, 5.41) is 37.5. The summed E-state index contributed by atoms with van der Waals surface area (Å²) in [6.45, 7) is 16.8. The van der Waals surface area contributed by atoms with Crippen LogP contribution in [0.4, 0.5) is 0 Å². The molecule has 8 aromatic carbocycles. The molecule has 10 nitrogen and oxygen atoms in total. The molecule has 0 aliphatic rings. The summed E-state index contributed by atoms with van der Waals surface area (Å²) in [7, 11) is -3.86. The molecule has 0 aliphatic carbocycles. The first-order valence-corrected chi connectivity index (χ1v) is 26.8. The van der Waals surface area contributed by atoms with Crippen LogP contribution >= 0.6 is 0 Å². The number of nitrogens with zero attached hydrogens (tertiary/aromatic N) is 4. The van der Waals surface area contributed by atoms with Gasteiger partial charge in [0.15, 0.2) is 0 Å². The Balaban J connectivity index is 0.870. The van der Waals surface area contributed by atoms with Gasteiger partial charge in [-0.2, -0.15) is 21.0 Å². The molecule has 0 amide bonds. The first-order valence-electron chi connectivity index (χ1n) is 25.3. The molecule has 0 radical (unpaired) electrons. The highest BCUT2D eigenvalue weighted by Crippen LogP contribution is 2.40. The fourth-order valence-electron chi connectivity index (χ4n) is 9.22. The predicted molar refractivity (Wildman–Crippen MR) is 297 cm³/mol. The van der Waals surface area contributed by atoms with Crippen molar-refractivity contribution in [3.8, 4) is 58.8 Å². The smallest absolute Gasteiger partial charge is 0.206 e. The van der Waals surface area contributed by atoms with Gasteiger partial charge in [0.2, 0.25) is 9.84 Å². The fraction of sp³-hybridized carbons (Fsp3) is 0.212. The molecular formula is C66H58N4O6S. The maximum absolute atomic E-state index is 13.8. The van der Waals surface area contributed by atoms with Crippen molar-refractivity contribution >= 4 is 9.84 Å². The molecule has 0 N–H and O–H groups in total. The van der Waals surface area contributed by atoms with Crippen molar-refractivity contribution in [3.63, 3.8) is 0 Å². The molecular weight excluding hydrogens is 977 g/mol. The molecule has 77 heavy (non-hydrogen) atoms. The Hall–Kier alpha value is -9.13. The van der Waals surface area contributed by atoms with Crippen LogP contribution in [0, 0.1) is 45.3 Å². The predicted octanol–water partition coefficient (Wildman–Crippen LogP) is 15.7. The number of nitriles is 4. The maximum atomic E-state index is 13.8. The highest BCUT2D eigenvalue weighted by Gasteiger charge is 2.31. The topological polar surface area (TPSA) is 166 Å². The molecule has 0 heterocycles. The Kier molecular flexibility index (Phi) is 15.5. The van der Waals surface area contributed by atoms with Gasteiger partial charge in [-0.3, -0.25) is 0 Å². The average Bonchev–Trinajstić information content (AvgIpc) is 3.48. The number of sulfone groups is 1. The Bertz CT molecular complexity index is 3720. The molecule has 11 heteroatoms. The molecule has 0 spiro atoms. The molecule has 0 aromatic heterocycles. The van der Waals surface area contributed by atoms with Crippen molar-refractivity contribution < 1.29 is 27.4 Å². The van der Waals surface area contributed by atoms with Crippen molar-refractivity contribution in [2.24, 2.45) is 0 Å². The van der Waals surface area contributed by atoms with E-state index in [1.807, 2.05) is 87.5 Å². The van der Waals surface area contributed by atoms with Gasteiger partial charge >= 0.3 is 0 Å². The van der Waals surface area contributed by atoms with E-state index in [0.29, 0.717) is 58.5 Å². The summed E-state index contributed by atoms with van der Waals surface area (Å²) >= 11 is 0. The third-order valence-corrected chi connectivity index (χ3v) is 16.6. The van der Waals surface area contributed by atoms with Gasteiger partial charge in [-0.25, -0.2) is 8.42 Å². The number of benzene rings is 8.